The number of halogens is 3. The number of nitrogens with one attached hydrogen (secondary N) is 3. The van der Waals surface area contributed by atoms with Gasteiger partial charge in [0.05, 0.1) is 23.3 Å². The van der Waals surface area contributed by atoms with Gasteiger partial charge in [0.1, 0.15) is 11.8 Å². The van der Waals surface area contributed by atoms with Crippen molar-refractivity contribution in [2.45, 2.75) is 23.5 Å². The second-order valence-electron chi connectivity index (χ2n) is 9.02. The first-order chi connectivity index (χ1) is 19.5. The van der Waals surface area contributed by atoms with Crippen LogP contribution >= 0.6 is 11.3 Å². The van der Waals surface area contributed by atoms with E-state index in [0.717, 1.165) is 39.9 Å². The molecule has 0 spiro atoms. The van der Waals surface area contributed by atoms with E-state index in [9.17, 15) is 26.4 Å². The zero-order chi connectivity index (χ0) is 29.2. The van der Waals surface area contributed by atoms with Crippen molar-refractivity contribution < 1.29 is 31.1 Å². The van der Waals surface area contributed by atoms with E-state index >= 15 is 0 Å². The molecule has 0 fully saturated rings. The largest absolute Gasteiger partial charge is 0.497 e. The molecule has 0 radical (unpaired) electrons. The summed E-state index contributed by atoms with van der Waals surface area (Å²) in [4.78, 5) is 20.6. The monoisotopic (exact) mass is 600 g/mol. The number of amides is 1. The summed E-state index contributed by atoms with van der Waals surface area (Å²) in [7, 11) is -2.82. The number of hydrogen-bond donors (Lipinski definition) is 3. The molecular formula is C28H23F3N4O4S2. The van der Waals surface area contributed by atoms with Crippen LogP contribution in [-0.2, 0) is 27.4 Å². The molecule has 5 rings (SSSR count). The Morgan fingerprint density at radius 1 is 1.05 bits per heavy atom. The van der Waals surface area contributed by atoms with E-state index in [1.54, 1.807) is 30.8 Å². The van der Waals surface area contributed by atoms with Gasteiger partial charge >= 0.3 is 6.18 Å². The van der Waals surface area contributed by atoms with Crippen molar-refractivity contribution in [3.8, 4) is 17.0 Å². The van der Waals surface area contributed by atoms with Crippen LogP contribution in [-0.4, -0.2) is 37.4 Å². The van der Waals surface area contributed by atoms with Crippen LogP contribution in [0.2, 0.25) is 0 Å². The van der Waals surface area contributed by atoms with Crippen LogP contribution in [0.1, 0.15) is 11.1 Å². The van der Waals surface area contributed by atoms with Crippen LogP contribution in [0.3, 0.4) is 0 Å². The molecule has 5 aromatic rings. The maximum atomic E-state index is 13.5. The van der Waals surface area contributed by atoms with Crippen molar-refractivity contribution >= 4 is 43.3 Å². The minimum absolute atomic E-state index is 0.0353. The van der Waals surface area contributed by atoms with Crippen molar-refractivity contribution in [2.24, 2.45) is 0 Å². The van der Waals surface area contributed by atoms with Gasteiger partial charge < -0.3 is 15.0 Å². The molecule has 13 heteroatoms. The number of thiazole rings is 1. The fourth-order valence-electron chi connectivity index (χ4n) is 4.20. The molecule has 0 aliphatic heterocycles. The molecule has 0 saturated carbocycles. The molecule has 1 amide bonds. The standard InChI is InChI=1S/C28H23F3N4O4S2/c1-39-20-10-6-17(7-11-20)25-16-40-27(33-25)34-26(36)24(14-18-15-32-23-5-3-2-4-22(18)23)35-41(37,38)21-12-8-19(9-13-21)28(29,30)31/h2-13,15-16,24,32,35H,14H2,1H3,(H,33,34,36)/t24-/m0/s1. The fourth-order valence-corrected chi connectivity index (χ4v) is 6.12. The molecule has 2 heterocycles. The van der Waals surface area contributed by atoms with E-state index in [-0.39, 0.29) is 11.6 Å². The molecule has 212 valence electrons. The Hall–Kier alpha value is -4.20. The van der Waals surface area contributed by atoms with E-state index in [1.807, 2.05) is 36.4 Å². The summed E-state index contributed by atoms with van der Waals surface area (Å²) in [6, 6.07) is 16.3. The number of benzene rings is 3. The summed E-state index contributed by atoms with van der Waals surface area (Å²) < 4.78 is 72.9. The number of aromatic amines is 1. The number of carbonyl (C=O) groups excluding carboxylic acids is 1. The van der Waals surface area contributed by atoms with Gasteiger partial charge in [-0.25, -0.2) is 13.4 Å². The van der Waals surface area contributed by atoms with E-state index in [4.69, 9.17) is 4.74 Å². The molecule has 0 aliphatic carbocycles. The van der Waals surface area contributed by atoms with Crippen molar-refractivity contribution in [2.75, 3.05) is 12.4 Å². The SMILES string of the molecule is COc1ccc(-c2csc(NC(=O)[C@H](Cc3c[nH]c4ccccc34)NS(=O)(=O)c3ccc(C(F)(F)F)cc3)n2)cc1. The lowest BCUT2D eigenvalue weighted by Crippen LogP contribution is -2.45. The predicted octanol–water partition coefficient (Wildman–Crippen LogP) is 5.85. The Morgan fingerprint density at radius 2 is 1.76 bits per heavy atom. The summed E-state index contributed by atoms with van der Waals surface area (Å²) >= 11 is 1.16. The summed E-state index contributed by atoms with van der Waals surface area (Å²) in [5.41, 5.74) is 1.89. The van der Waals surface area contributed by atoms with E-state index in [0.29, 0.717) is 29.1 Å². The van der Waals surface area contributed by atoms with Crippen molar-refractivity contribution in [1.29, 1.82) is 0 Å². The molecule has 3 N–H and O–H groups in total. The third-order valence-corrected chi connectivity index (χ3v) is 8.57. The highest BCUT2D eigenvalue weighted by Crippen LogP contribution is 2.30. The van der Waals surface area contributed by atoms with Gasteiger partial charge in [-0.15, -0.1) is 11.3 Å². The fraction of sp³-hybridized carbons (Fsp3) is 0.143. The van der Waals surface area contributed by atoms with Crippen LogP contribution in [0.4, 0.5) is 18.3 Å². The molecule has 0 bridgehead atoms. The van der Waals surface area contributed by atoms with Crippen molar-refractivity contribution in [3.05, 3.63) is 95.5 Å². The number of carbonyl (C=O) groups is 1. The average Bonchev–Trinajstić information content (AvgIpc) is 3.59. The lowest BCUT2D eigenvalue weighted by molar-refractivity contribution is -0.137. The van der Waals surface area contributed by atoms with E-state index in [1.165, 1.54) is 0 Å². The third kappa shape index (κ3) is 6.42. The first kappa shape index (κ1) is 28.3. The zero-order valence-electron chi connectivity index (χ0n) is 21.4. The number of fused-ring (bicyclic) bond motifs is 1. The number of anilines is 1. The molecule has 0 unspecified atom stereocenters. The Balaban J connectivity index is 1.41. The highest BCUT2D eigenvalue weighted by atomic mass is 32.2. The number of hydrogen-bond acceptors (Lipinski definition) is 6. The zero-order valence-corrected chi connectivity index (χ0v) is 23.0. The van der Waals surface area contributed by atoms with Gasteiger partial charge in [0.2, 0.25) is 15.9 Å². The minimum atomic E-state index is -4.62. The van der Waals surface area contributed by atoms with Gasteiger partial charge in [-0.05, 0) is 66.6 Å². The maximum absolute atomic E-state index is 13.5. The molecular weight excluding hydrogens is 577 g/mol. The maximum Gasteiger partial charge on any atom is 0.416 e. The highest BCUT2D eigenvalue weighted by Gasteiger charge is 2.32. The molecule has 8 nitrogen and oxygen atoms in total. The van der Waals surface area contributed by atoms with Gasteiger partial charge in [-0.1, -0.05) is 18.2 Å². The van der Waals surface area contributed by atoms with Crippen LogP contribution in [0.15, 0.2) is 89.3 Å². The molecule has 2 aromatic heterocycles. The summed E-state index contributed by atoms with van der Waals surface area (Å²) in [5.74, 6) is -0.000595. The summed E-state index contributed by atoms with van der Waals surface area (Å²) in [6.45, 7) is 0. The Labute approximate surface area is 237 Å². The van der Waals surface area contributed by atoms with Crippen LogP contribution < -0.4 is 14.8 Å². The Morgan fingerprint density at radius 3 is 2.44 bits per heavy atom. The van der Waals surface area contributed by atoms with Gasteiger partial charge in [0, 0.05) is 28.0 Å². The third-order valence-electron chi connectivity index (χ3n) is 6.32. The number of H-pyrrole nitrogens is 1. The second-order valence-corrected chi connectivity index (χ2v) is 11.6. The number of methoxy groups -OCH3 is 1. The number of sulfonamides is 1. The van der Waals surface area contributed by atoms with Gasteiger partial charge in [0.15, 0.2) is 5.13 Å². The van der Waals surface area contributed by atoms with Crippen LogP contribution in [0, 0.1) is 0 Å². The lowest BCUT2D eigenvalue weighted by Gasteiger charge is -2.18. The number of alkyl halides is 3. The molecule has 3 aromatic carbocycles. The van der Waals surface area contributed by atoms with Crippen LogP contribution in [0.5, 0.6) is 5.75 Å². The Bertz CT molecular complexity index is 1780. The quantitative estimate of drug-likeness (QED) is 0.197. The summed E-state index contributed by atoms with van der Waals surface area (Å²) in [5, 5.41) is 5.47. The predicted molar refractivity (Wildman–Crippen MR) is 150 cm³/mol. The molecule has 41 heavy (non-hydrogen) atoms. The van der Waals surface area contributed by atoms with Gasteiger partial charge in [0.25, 0.3) is 0 Å². The number of nitrogens with zero attached hydrogens (tertiary/aromatic N) is 1. The lowest BCUT2D eigenvalue weighted by atomic mass is 10.1. The number of rotatable bonds is 9. The van der Waals surface area contributed by atoms with Gasteiger partial charge in [-0.2, -0.15) is 17.9 Å². The minimum Gasteiger partial charge on any atom is -0.497 e. The smallest absolute Gasteiger partial charge is 0.416 e. The van der Waals surface area contributed by atoms with Crippen molar-refractivity contribution in [3.63, 3.8) is 0 Å². The Kier molecular flexibility index (Phi) is 7.84. The first-order valence-corrected chi connectivity index (χ1v) is 14.6. The average molecular weight is 601 g/mol. The number of aromatic nitrogens is 2. The second kappa shape index (κ2) is 11.4. The van der Waals surface area contributed by atoms with E-state index < -0.39 is 38.6 Å². The normalized spacial score (nSPS) is 12.8. The van der Waals surface area contributed by atoms with Crippen molar-refractivity contribution in [1.82, 2.24) is 14.7 Å². The van der Waals surface area contributed by atoms with E-state index in [2.05, 4.69) is 20.0 Å². The topological polar surface area (TPSA) is 113 Å². The van der Waals surface area contributed by atoms with Gasteiger partial charge in [-0.3, -0.25) is 4.79 Å². The molecule has 1 atom stereocenters. The highest BCUT2D eigenvalue weighted by molar-refractivity contribution is 7.89. The number of ether oxygens (including phenoxy) is 1. The van der Waals surface area contributed by atoms with Crippen LogP contribution in [0.25, 0.3) is 22.2 Å². The molecule has 0 aliphatic rings. The summed E-state index contributed by atoms with van der Waals surface area (Å²) in [6.07, 6.45) is -2.97. The number of para-hydroxylation sites is 1. The first-order valence-electron chi connectivity index (χ1n) is 12.2. The molecule has 0 saturated heterocycles.